The summed E-state index contributed by atoms with van der Waals surface area (Å²) in [5, 5.41) is 2.97. The Hall–Kier alpha value is -3.05. The van der Waals surface area contributed by atoms with Crippen LogP contribution >= 0.6 is 11.8 Å². The van der Waals surface area contributed by atoms with Crippen molar-refractivity contribution >= 4 is 35.0 Å². The Bertz CT molecular complexity index is 1070. The summed E-state index contributed by atoms with van der Waals surface area (Å²) >= 11 is 1.68. The van der Waals surface area contributed by atoms with Crippen LogP contribution in [0.2, 0.25) is 0 Å². The van der Waals surface area contributed by atoms with Crippen LogP contribution in [0.4, 0.5) is 11.4 Å². The second-order valence-corrected chi connectivity index (χ2v) is 9.26. The van der Waals surface area contributed by atoms with Gasteiger partial charge in [-0.3, -0.25) is 9.59 Å². The second kappa shape index (κ2) is 10.5. The third-order valence-electron chi connectivity index (χ3n) is 5.62. The van der Waals surface area contributed by atoms with Gasteiger partial charge in [-0.1, -0.05) is 67.9 Å². The maximum atomic E-state index is 13.2. The number of thioether (sulfide) groups is 1. The zero-order valence-electron chi connectivity index (χ0n) is 18.3. The topological polar surface area (TPSA) is 49.4 Å². The van der Waals surface area contributed by atoms with Crippen LogP contribution < -0.4 is 10.2 Å². The predicted octanol–water partition coefficient (Wildman–Crippen LogP) is 6.24. The molecule has 1 aliphatic heterocycles. The van der Waals surface area contributed by atoms with E-state index in [2.05, 4.69) is 36.5 Å². The first-order valence-corrected chi connectivity index (χ1v) is 12.0. The number of aryl methyl sites for hydroxylation is 1. The van der Waals surface area contributed by atoms with E-state index in [4.69, 9.17) is 0 Å². The zero-order chi connectivity index (χ0) is 22.3. The number of unbranched alkanes of at least 4 members (excludes halogenated alkanes) is 1. The highest BCUT2D eigenvalue weighted by Crippen LogP contribution is 2.45. The van der Waals surface area contributed by atoms with Crippen LogP contribution in [0.5, 0.6) is 0 Å². The number of hydrogen-bond acceptors (Lipinski definition) is 3. The van der Waals surface area contributed by atoms with Gasteiger partial charge in [-0.2, -0.15) is 0 Å². The van der Waals surface area contributed by atoms with Gasteiger partial charge in [-0.15, -0.1) is 11.8 Å². The van der Waals surface area contributed by atoms with Gasteiger partial charge in [0.2, 0.25) is 11.8 Å². The van der Waals surface area contributed by atoms with Crippen molar-refractivity contribution in [3.8, 4) is 0 Å². The minimum absolute atomic E-state index is 0.00446. The molecule has 32 heavy (non-hydrogen) atoms. The molecule has 1 aliphatic rings. The van der Waals surface area contributed by atoms with E-state index in [0.29, 0.717) is 6.42 Å². The molecule has 4 rings (SSSR count). The molecule has 0 saturated heterocycles. The summed E-state index contributed by atoms with van der Waals surface area (Å²) in [4.78, 5) is 28.7. The molecule has 0 unspecified atom stereocenters. The molecule has 0 saturated carbocycles. The first-order valence-electron chi connectivity index (χ1n) is 11.1. The standard InChI is InChI=1S/C27H28N2O2S/c1-2-3-9-20-14-16-22(17-15-20)28-26(30)19-29-23-12-7-8-13-24(23)32-25(18-27(29)31)21-10-5-4-6-11-21/h4-8,10-17,25H,2-3,9,18-19H2,1H3,(H,28,30)/t25-/m0/s1. The van der Waals surface area contributed by atoms with Crippen molar-refractivity contribution in [1.29, 1.82) is 0 Å². The number of para-hydroxylation sites is 1. The SMILES string of the molecule is CCCCc1ccc(NC(=O)CN2C(=O)C[C@@H](c3ccccc3)Sc3ccccc32)cc1. The van der Waals surface area contributed by atoms with Gasteiger partial charge in [0.15, 0.2) is 0 Å². The van der Waals surface area contributed by atoms with Crippen LogP contribution in [0.15, 0.2) is 83.8 Å². The molecule has 1 atom stereocenters. The lowest BCUT2D eigenvalue weighted by atomic mass is 10.1. The minimum Gasteiger partial charge on any atom is -0.325 e. The quantitative estimate of drug-likeness (QED) is 0.469. The van der Waals surface area contributed by atoms with E-state index in [1.54, 1.807) is 16.7 Å². The van der Waals surface area contributed by atoms with Crippen LogP contribution in [-0.2, 0) is 16.0 Å². The number of carbonyl (C=O) groups is 2. The van der Waals surface area contributed by atoms with Crippen molar-refractivity contribution in [2.45, 2.75) is 42.8 Å². The first kappa shape index (κ1) is 22.2. The van der Waals surface area contributed by atoms with Gasteiger partial charge < -0.3 is 10.2 Å². The van der Waals surface area contributed by atoms with Crippen molar-refractivity contribution < 1.29 is 9.59 Å². The average Bonchev–Trinajstić information content (AvgIpc) is 2.96. The maximum absolute atomic E-state index is 13.2. The maximum Gasteiger partial charge on any atom is 0.244 e. The molecule has 0 spiro atoms. The number of rotatable bonds is 7. The zero-order valence-corrected chi connectivity index (χ0v) is 19.1. The smallest absolute Gasteiger partial charge is 0.244 e. The molecule has 1 N–H and O–H groups in total. The molecule has 0 radical (unpaired) electrons. The Kier molecular flexibility index (Phi) is 7.28. The lowest BCUT2D eigenvalue weighted by Crippen LogP contribution is -2.38. The Labute approximate surface area is 194 Å². The fraction of sp³-hybridized carbons (Fsp3) is 0.259. The van der Waals surface area contributed by atoms with Crippen LogP contribution in [0, 0.1) is 0 Å². The van der Waals surface area contributed by atoms with Crippen molar-refractivity contribution in [2.75, 3.05) is 16.8 Å². The van der Waals surface area contributed by atoms with Gasteiger partial charge >= 0.3 is 0 Å². The lowest BCUT2D eigenvalue weighted by Gasteiger charge is -2.22. The van der Waals surface area contributed by atoms with Crippen molar-refractivity contribution in [3.63, 3.8) is 0 Å². The molecule has 1 heterocycles. The molecule has 0 aliphatic carbocycles. The van der Waals surface area contributed by atoms with Gasteiger partial charge in [0.25, 0.3) is 0 Å². The third kappa shape index (κ3) is 5.40. The fourth-order valence-electron chi connectivity index (χ4n) is 3.88. The summed E-state index contributed by atoms with van der Waals surface area (Å²) in [6.45, 7) is 2.17. The average molecular weight is 445 g/mol. The summed E-state index contributed by atoms with van der Waals surface area (Å²) in [7, 11) is 0. The van der Waals surface area contributed by atoms with E-state index in [-0.39, 0.29) is 23.6 Å². The Morgan fingerprint density at radius 1 is 1.00 bits per heavy atom. The third-order valence-corrected chi connectivity index (χ3v) is 6.94. The summed E-state index contributed by atoms with van der Waals surface area (Å²) in [5.41, 5.74) is 3.94. The summed E-state index contributed by atoms with van der Waals surface area (Å²) < 4.78 is 0. The predicted molar refractivity (Wildman–Crippen MR) is 132 cm³/mol. The monoisotopic (exact) mass is 444 g/mol. The molecule has 0 fully saturated rings. The molecular formula is C27H28N2O2S. The van der Waals surface area contributed by atoms with E-state index in [1.165, 1.54) is 5.56 Å². The van der Waals surface area contributed by atoms with E-state index in [9.17, 15) is 9.59 Å². The molecule has 2 amide bonds. The summed E-state index contributed by atoms with van der Waals surface area (Å²) in [6.07, 6.45) is 3.71. The van der Waals surface area contributed by atoms with E-state index >= 15 is 0 Å². The van der Waals surface area contributed by atoms with Crippen molar-refractivity contribution in [3.05, 3.63) is 90.0 Å². The molecule has 0 bridgehead atoms. The van der Waals surface area contributed by atoms with Crippen LogP contribution in [-0.4, -0.2) is 18.4 Å². The second-order valence-electron chi connectivity index (χ2n) is 8.02. The number of nitrogens with zero attached hydrogens (tertiary/aromatic N) is 1. The van der Waals surface area contributed by atoms with Crippen molar-refractivity contribution in [1.82, 2.24) is 0 Å². The molecule has 0 aromatic heterocycles. The largest absolute Gasteiger partial charge is 0.325 e. The highest BCUT2D eigenvalue weighted by Gasteiger charge is 2.30. The minimum atomic E-state index is -0.197. The van der Waals surface area contributed by atoms with Crippen molar-refractivity contribution in [2.24, 2.45) is 0 Å². The number of fused-ring (bicyclic) bond motifs is 1. The molecule has 3 aromatic rings. The molecule has 5 heteroatoms. The Balaban J connectivity index is 1.49. The normalized spacial score (nSPS) is 15.7. The molecule has 3 aromatic carbocycles. The van der Waals surface area contributed by atoms with Gasteiger partial charge in [0.05, 0.1) is 5.69 Å². The summed E-state index contributed by atoms with van der Waals surface area (Å²) in [5.74, 6) is -0.237. The van der Waals surface area contributed by atoms with Gasteiger partial charge in [-0.25, -0.2) is 0 Å². The molecular weight excluding hydrogens is 416 g/mol. The van der Waals surface area contributed by atoms with E-state index in [1.807, 2.05) is 54.6 Å². The lowest BCUT2D eigenvalue weighted by molar-refractivity contribution is -0.121. The number of hydrogen-bond donors (Lipinski definition) is 1. The van der Waals surface area contributed by atoms with Gasteiger partial charge in [0, 0.05) is 22.3 Å². The van der Waals surface area contributed by atoms with Crippen LogP contribution in [0.1, 0.15) is 42.6 Å². The number of amides is 2. The molecule has 164 valence electrons. The highest BCUT2D eigenvalue weighted by molar-refractivity contribution is 7.99. The fourth-order valence-corrected chi connectivity index (χ4v) is 5.17. The number of carbonyl (C=O) groups excluding carboxylic acids is 2. The van der Waals surface area contributed by atoms with E-state index < -0.39 is 0 Å². The first-order chi connectivity index (χ1) is 15.6. The van der Waals surface area contributed by atoms with Gasteiger partial charge in [0.1, 0.15) is 6.54 Å². The summed E-state index contributed by atoms with van der Waals surface area (Å²) in [6, 6.07) is 25.9. The van der Waals surface area contributed by atoms with E-state index in [0.717, 1.165) is 41.1 Å². The number of benzene rings is 3. The van der Waals surface area contributed by atoms with Crippen LogP contribution in [0.25, 0.3) is 0 Å². The number of anilines is 2. The van der Waals surface area contributed by atoms with Crippen LogP contribution in [0.3, 0.4) is 0 Å². The number of nitrogens with one attached hydrogen (secondary N) is 1. The highest BCUT2D eigenvalue weighted by atomic mass is 32.2. The molecule has 4 nitrogen and oxygen atoms in total. The van der Waals surface area contributed by atoms with Gasteiger partial charge in [-0.05, 0) is 48.2 Å². The Morgan fingerprint density at radius 3 is 2.47 bits per heavy atom. The Morgan fingerprint density at radius 2 is 1.72 bits per heavy atom.